The van der Waals surface area contributed by atoms with E-state index < -0.39 is 0 Å². The van der Waals surface area contributed by atoms with Gasteiger partial charge in [0.25, 0.3) is 0 Å². The molecule has 5 heteroatoms. The van der Waals surface area contributed by atoms with E-state index in [-0.39, 0.29) is 0 Å². The topological polar surface area (TPSA) is 37.4 Å². The fourth-order valence-electron chi connectivity index (χ4n) is 2.10. The maximum atomic E-state index is 5.40. The monoisotopic (exact) mass is 269 g/mol. The Balaban J connectivity index is 2.00. The predicted octanol–water partition coefficient (Wildman–Crippen LogP) is 2.17. The molecule has 1 saturated heterocycles. The molecule has 0 saturated carbocycles. The van der Waals surface area contributed by atoms with Crippen LogP contribution in [-0.2, 0) is 11.3 Å². The summed E-state index contributed by atoms with van der Waals surface area (Å²) in [7, 11) is 1.79. The highest BCUT2D eigenvalue weighted by molar-refractivity contribution is 7.15. The summed E-state index contributed by atoms with van der Waals surface area (Å²) in [5.74, 6) is 0. The van der Waals surface area contributed by atoms with Crippen molar-refractivity contribution in [3.8, 4) is 0 Å². The number of hydrogen-bond acceptors (Lipinski definition) is 5. The number of thiazole rings is 1. The second-order valence-corrected chi connectivity index (χ2v) is 6.20. The first kappa shape index (κ1) is 13.8. The first-order valence-corrected chi connectivity index (χ1v) is 7.39. The lowest BCUT2D eigenvalue weighted by Gasteiger charge is -2.13. The van der Waals surface area contributed by atoms with E-state index in [2.05, 4.69) is 36.0 Å². The quantitative estimate of drug-likeness (QED) is 0.889. The van der Waals surface area contributed by atoms with Gasteiger partial charge in [-0.25, -0.2) is 4.98 Å². The second-order valence-electron chi connectivity index (χ2n) is 5.13. The molecule has 0 bridgehead atoms. The van der Waals surface area contributed by atoms with E-state index >= 15 is 0 Å². The van der Waals surface area contributed by atoms with Crippen molar-refractivity contribution in [1.29, 1.82) is 0 Å². The van der Waals surface area contributed by atoms with E-state index in [4.69, 9.17) is 4.74 Å². The molecule has 1 aromatic heterocycles. The van der Waals surface area contributed by atoms with Crippen LogP contribution in [0.5, 0.6) is 0 Å². The highest BCUT2D eigenvalue weighted by Crippen LogP contribution is 2.29. The van der Waals surface area contributed by atoms with E-state index in [0.29, 0.717) is 12.1 Å². The SMILES string of the molecule is COC1CCN(c2nc(C)c(CNC(C)C)s2)C1. The number of ether oxygens (including phenoxy) is 1. The van der Waals surface area contributed by atoms with Crippen LogP contribution >= 0.6 is 11.3 Å². The Morgan fingerprint density at radius 3 is 2.94 bits per heavy atom. The summed E-state index contributed by atoms with van der Waals surface area (Å²) >= 11 is 1.81. The zero-order valence-corrected chi connectivity index (χ0v) is 12.5. The molecule has 18 heavy (non-hydrogen) atoms. The van der Waals surface area contributed by atoms with Gasteiger partial charge in [0, 0.05) is 37.7 Å². The number of methoxy groups -OCH3 is 1. The molecule has 1 fully saturated rings. The number of aromatic nitrogens is 1. The zero-order chi connectivity index (χ0) is 13.1. The third-order valence-corrected chi connectivity index (χ3v) is 4.52. The molecule has 0 radical (unpaired) electrons. The van der Waals surface area contributed by atoms with E-state index in [1.807, 2.05) is 11.3 Å². The molecular weight excluding hydrogens is 246 g/mol. The Labute approximate surface area is 113 Å². The van der Waals surface area contributed by atoms with E-state index in [9.17, 15) is 0 Å². The van der Waals surface area contributed by atoms with Gasteiger partial charge in [-0.05, 0) is 13.3 Å². The molecule has 2 heterocycles. The fraction of sp³-hybridized carbons (Fsp3) is 0.769. The molecule has 0 aliphatic carbocycles. The number of nitrogens with one attached hydrogen (secondary N) is 1. The summed E-state index contributed by atoms with van der Waals surface area (Å²) in [6.07, 6.45) is 1.47. The van der Waals surface area contributed by atoms with Crippen LogP contribution in [0.4, 0.5) is 5.13 Å². The molecule has 1 aliphatic heterocycles. The van der Waals surface area contributed by atoms with Crippen molar-refractivity contribution in [3.63, 3.8) is 0 Å². The maximum absolute atomic E-state index is 5.40. The van der Waals surface area contributed by atoms with E-state index in [1.165, 1.54) is 4.88 Å². The fourth-order valence-corrected chi connectivity index (χ4v) is 3.15. The molecule has 1 N–H and O–H groups in total. The average Bonchev–Trinajstić information content (AvgIpc) is 2.92. The molecule has 0 spiro atoms. The van der Waals surface area contributed by atoms with Crippen molar-refractivity contribution in [2.75, 3.05) is 25.1 Å². The van der Waals surface area contributed by atoms with Crippen molar-refractivity contribution in [2.45, 2.75) is 45.9 Å². The normalized spacial score (nSPS) is 20.1. The molecule has 0 aromatic carbocycles. The van der Waals surface area contributed by atoms with Gasteiger partial charge in [0.1, 0.15) is 0 Å². The lowest BCUT2D eigenvalue weighted by Crippen LogP contribution is -2.22. The first-order chi connectivity index (χ1) is 8.60. The molecule has 1 atom stereocenters. The van der Waals surface area contributed by atoms with Crippen LogP contribution < -0.4 is 10.2 Å². The maximum Gasteiger partial charge on any atom is 0.185 e. The van der Waals surface area contributed by atoms with Crippen LogP contribution in [-0.4, -0.2) is 37.3 Å². The zero-order valence-electron chi connectivity index (χ0n) is 11.7. The minimum Gasteiger partial charge on any atom is -0.380 e. The van der Waals surface area contributed by atoms with Crippen LogP contribution in [0.2, 0.25) is 0 Å². The summed E-state index contributed by atoms with van der Waals surface area (Å²) in [4.78, 5) is 8.37. The summed E-state index contributed by atoms with van der Waals surface area (Å²) < 4.78 is 5.40. The Morgan fingerprint density at radius 2 is 2.33 bits per heavy atom. The number of anilines is 1. The standard InChI is InChI=1S/C13H23N3OS/c1-9(2)14-7-12-10(3)15-13(18-12)16-6-5-11(8-16)17-4/h9,11,14H,5-8H2,1-4H3. The molecule has 1 aliphatic rings. The molecule has 102 valence electrons. The third kappa shape index (κ3) is 3.22. The van der Waals surface area contributed by atoms with Gasteiger partial charge in [0.15, 0.2) is 5.13 Å². The minimum absolute atomic E-state index is 0.367. The Morgan fingerprint density at radius 1 is 1.56 bits per heavy atom. The number of aryl methyl sites for hydroxylation is 1. The van der Waals surface area contributed by atoms with Crippen molar-refractivity contribution < 1.29 is 4.74 Å². The van der Waals surface area contributed by atoms with Gasteiger partial charge in [0.05, 0.1) is 11.8 Å². The smallest absolute Gasteiger partial charge is 0.185 e. The Bertz CT molecular complexity index is 392. The minimum atomic E-state index is 0.367. The van der Waals surface area contributed by atoms with Crippen molar-refractivity contribution in [3.05, 3.63) is 10.6 Å². The van der Waals surface area contributed by atoms with Crippen LogP contribution in [0.1, 0.15) is 30.8 Å². The molecule has 1 unspecified atom stereocenters. The number of nitrogens with zero attached hydrogens (tertiary/aromatic N) is 2. The van der Waals surface area contributed by atoms with Gasteiger partial charge >= 0.3 is 0 Å². The molecule has 4 nitrogen and oxygen atoms in total. The molecule has 1 aromatic rings. The van der Waals surface area contributed by atoms with Crippen LogP contribution in [0, 0.1) is 6.92 Å². The summed E-state index contributed by atoms with van der Waals surface area (Å²) in [6, 6.07) is 0.514. The van der Waals surface area contributed by atoms with Gasteiger partial charge in [-0.15, -0.1) is 11.3 Å². The first-order valence-electron chi connectivity index (χ1n) is 6.57. The predicted molar refractivity (Wildman–Crippen MR) is 76.5 cm³/mol. The largest absolute Gasteiger partial charge is 0.380 e. The van der Waals surface area contributed by atoms with Crippen LogP contribution in [0.15, 0.2) is 0 Å². The van der Waals surface area contributed by atoms with Crippen molar-refractivity contribution in [1.82, 2.24) is 10.3 Å². The highest BCUT2D eigenvalue weighted by Gasteiger charge is 2.24. The number of hydrogen-bond donors (Lipinski definition) is 1. The van der Waals surface area contributed by atoms with Gasteiger partial charge in [0.2, 0.25) is 0 Å². The van der Waals surface area contributed by atoms with Crippen molar-refractivity contribution >= 4 is 16.5 Å². The van der Waals surface area contributed by atoms with E-state index in [0.717, 1.165) is 36.9 Å². The van der Waals surface area contributed by atoms with E-state index in [1.54, 1.807) is 7.11 Å². The molecule has 0 amide bonds. The molecular formula is C13H23N3OS. The van der Waals surface area contributed by atoms with Crippen LogP contribution in [0.3, 0.4) is 0 Å². The third-order valence-electron chi connectivity index (χ3n) is 3.30. The Kier molecular flexibility index (Phi) is 4.59. The van der Waals surface area contributed by atoms with Gasteiger partial charge in [-0.3, -0.25) is 0 Å². The number of rotatable bonds is 5. The second kappa shape index (κ2) is 5.99. The summed E-state index contributed by atoms with van der Waals surface area (Å²) in [5, 5.41) is 4.60. The average molecular weight is 269 g/mol. The summed E-state index contributed by atoms with van der Waals surface area (Å²) in [6.45, 7) is 9.38. The lowest BCUT2D eigenvalue weighted by molar-refractivity contribution is 0.121. The van der Waals surface area contributed by atoms with Crippen molar-refractivity contribution in [2.24, 2.45) is 0 Å². The summed E-state index contributed by atoms with van der Waals surface area (Å²) in [5.41, 5.74) is 1.16. The van der Waals surface area contributed by atoms with Gasteiger partial charge in [-0.2, -0.15) is 0 Å². The van der Waals surface area contributed by atoms with Gasteiger partial charge in [-0.1, -0.05) is 13.8 Å². The molecule has 2 rings (SSSR count). The van der Waals surface area contributed by atoms with Crippen LogP contribution in [0.25, 0.3) is 0 Å². The lowest BCUT2D eigenvalue weighted by atomic mass is 10.3. The highest BCUT2D eigenvalue weighted by atomic mass is 32.1. The Hall–Kier alpha value is -0.650. The van der Waals surface area contributed by atoms with Gasteiger partial charge < -0.3 is 15.0 Å².